The van der Waals surface area contributed by atoms with Gasteiger partial charge in [-0.2, -0.15) is 0 Å². The summed E-state index contributed by atoms with van der Waals surface area (Å²) in [6.45, 7) is 3.49. The molecule has 1 atom stereocenters. The lowest BCUT2D eigenvalue weighted by molar-refractivity contribution is -0.149. The number of amides is 1. The molecule has 2 aromatic carbocycles. The molecular formula is C25H33NO6S. The molecule has 1 unspecified atom stereocenters. The van der Waals surface area contributed by atoms with Gasteiger partial charge in [-0.25, -0.2) is 9.59 Å². The van der Waals surface area contributed by atoms with Gasteiger partial charge < -0.3 is 24.2 Å². The Labute approximate surface area is 200 Å². The summed E-state index contributed by atoms with van der Waals surface area (Å²) in [5, 5.41) is 9.20. The Morgan fingerprint density at radius 1 is 1.03 bits per heavy atom. The summed E-state index contributed by atoms with van der Waals surface area (Å²) in [5.41, 5.74) is 0.854. The molecule has 8 heteroatoms. The zero-order valence-corrected chi connectivity index (χ0v) is 20.1. The van der Waals surface area contributed by atoms with Gasteiger partial charge in [0.25, 0.3) is 0 Å². The van der Waals surface area contributed by atoms with Crippen LogP contribution in [0.5, 0.6) is 5.75 Å². The second-order valence-electron chi connectivity index (χ2n) is 7.30. The third-order valence-electron chi connectivity index (χ3n) is 4.88. The maximum Gasteiger partial charge on any atom is 0.409 e. The molecule has 0 saturated heterocycles. The smallest absolute Gasteiger partial charge is 0.409 e. The number of benzene rings is 2. The summed E-state index contributed by atoms with van der Waals surface area (Å²) in [6.07, 6.45) is 0.951. The topological polar surface area (TPSA) is 85.3 Å². The molecule has 0 aromatic heterocycles. The maximum atomic E-state index is 12.1. The molecule has 1 N–H and O–H groups in total. The summed E-state index contributed by atoms with van der Waals surface area (Å²) >= 11 is 1.81. The van der Waals surface area contributed by atoms with Gasteiger partial charge in [0.2, 0.25) is 0 Å². The van der Waals surface area contributed by atoms with Crippen LogP contribution >= 0.6 is 11.8 Å². The Kier molecular flexibility index (Phi) is 12.2. The molecule has 180 valence electrons. The lowest BCUT2D eigenvalue weighted by Crippen LogP contribution is -2.35. The summed E-state index contributed by atoms with van der Waals surface area (Å²) in [6, 6.07) is 17.5. The minimum absolute atomic E-state index is 0.294. The van der Waals surface area contributed by atoms with E-state index in [2.05, 4.69) is 12.1 Å². The zero-order chi connectivity index (χ0) is 23.9. The Morgan fingerprint density at radius 3 is 2.39 bits per heavy atom. The molecule has 0 aliphatic carbocycles. The van der Waals surface area contributed by atoms with Gasteiger partial charge in [-0.15, -0.1) is 11.8 Å². The predicted molar refractivity (Wildman–Crippen MR) is 129 cm³/mol. The highest BCUT2D eigenvalue weighted by atomic mass is 32.2. The second kappa shape index (κ2) is 15.2. The highest BCUT2D eigenvalue weighted by molar-refractivity contribution is 7.99. The number of ether oxygens (including phenoxy) is 3. The van der Waals surface area contributed by atoms with Crippen molar-refractivity contribution >= 4 is 23.8 Å². The van der Waals surface area contributed by atoms with Crippen molar-refractivity contribution in [3.63, 3.8) is 0 Å². The number of thioether (sulfide) groups is 1. The molecule has 2 aromatic rings. The molecule has 0 aliphatic rings. The van der Waals surface area contributed by atoms with Crippen molar-refractivity contribution in [1.82, 2.24) is 4.90 Å². The number of carbonyl (C=O) groups is 2. The molecule has 33 heavy (non-hydrogen) atoms. The van der Waals surface area contributed by atoms with E-state index >= 15 is 0 Å². The van der Waals surface area contributed by atoms with Crippen molar-refractivity contribution in [2.75, 3.05) is 39.2 Å². The van der Waals surface area contributed by atoms with Crippen LogP contribution in [0.4, 0.5) is 4.79 Å². The van der Waals surface area contributed by atoms with Crippen molar-refractivity contribution in [3.8, 4) is 5.75 Å². The van der Waals surface area contributed by atoms with E-state index in [4.69, 9.17) is 14.2 Å². The number of aliphatic carboxylic acids is 1. The van der Waals surface area contributed by atoms with Crippen molar-refractivity contribution < 1.29 is 28.9 Å². The first-order chi connectivity index (χ1) is 16.0. The minimum Gasteiger partial charge on any atom is -0.492 e. The van der Waals surface area contributed by atoms with Crippen molar-refractivity contribution in [3.05, 3.63) is 60.2 Å². The van der Waals surface area contributed by atoms with Gasteiger partial charge in [0.15, 0.2) is 6.10 Å². The van der Waals surface area contributed by atoms with E-state index in [0.29, 0.717) is 38.5 Å². The molecule has 0 saturated carbocycles. The van der Waals surface area contributed by atoms with Crippen LogP contribution in [0, 0.1) is 0 Å². The minimum atomic E-state index is -0.973. The van der Waals surface area contributed by atoms with Crippen LogP contribution in [0.3, 0.4) is 0 Å². The van der Waals surface area contributed by atoms with Gasteiger partial charge in [-0.3, -0.25) is 0 Å². The fourth-order valence-electron chi connectivity index (χ4n) is 3.16. The average Bonchev–Trinajstić information content (AvgIpc) is 2.83. The molecule has 0 spiro atoms. The summed E-state index contributed by atoms with van der Waals surface area (Å²) in [7, 11) is 1.38. The van der Waals surface area contributed by atoms with Crippen LogP contribution in [0.15, 0.2) is 59.5 Å². The summed E-state index contributed by atoms with van der Waals surface area (Å²) < 4.78 is 15.9. The molecule has 0 bridgehead atoms. The van der Waals surface area contributed by atoms with Crippen LogP contribution in [0.25, 0.3) is 0 Å². The van der Waals surface area contributed by atoms with Gasteiger partial charge in [-0.1, -0.05) is 30.3 Å². The first-order valence-electron chi connectivity index (χ1n) is 11.1. The molecular weight excluding hydrogens is 442 g/mol. The number of carboxylic acid groups (broad SMARTS) is 1. The Balaban J connectivity index is 1.73. The number of carbonyl (C=O) groups excluding carboxylic acids is 1. The van der Waals surface area contributed by atoms with Crippen molar-refractivity contribution in [2.45, 2.75) is 37.2 Å². The van der Waals surface area contributed by atoms with Gasteiger partial charge in [0.1, 0.15) is 12.4 Å². The van der Waals surface area contributed by atoms with E-state index < -0.39 is 12.1 Å². The number of nitrogens with zero attached hydrogens (tertiary/aromatic N) is 1. The van der Waals surface area contributed by atoms with E-state index in [0.717, 1.165) is 24.2 Å². The fourth-order valence-corrected chi connectivity index (χ4v) is 4.10. The zero-order valence-electron chi connectivity index (χ0n) is 19.3. The number of methoxy groups -OCH3 is 1. The second-order valence-corrected chi connectivity index (χ2v) is 8.47. The molecule has 7 nitrogen and oxygen atoms in total. The predicted octanol–water partition coefficient (Wildman–Crippen LogP) is 4.74. The number of unbranched alkanes of at least 4 members (excludes halogenated alkanes) is 1. The number of hydrogen-bond donors (Lipinski definition) is 1. The molecule has 0 aliphatic heterocycles. The summed E-state index contributed by atoms with van der Waals surface area (Å²) in [4.78, 5) is 26.2. The third-order valence-corrected chi connectivity index (χ3v) is 5.98. The number of hydrogen-bond acceptors (Lipinski definition) is 6. The maximum absolute atomic E-state index is 12.1. The van der Waals surface area contributed by atoms with Crippen molar-refractivity contribution in [2.24, 2.45) is 0 Å². The van der Waals surface area contributed by atoms with E-state index in [9.17, 15) is 14.7 Å². The van der Waals surface area contributed by atoms with E-state index in [-0.39, 0.29) is 6.09 Å². The standard InChI is InChI=1S/C25H33NO6S/c1-3-31-23(24(27)28)19-20-11-13-21(14-12-20)32-17-16-26(25(29)30-2)15-7-8-18-33-22-9-5-4-6-10-22/h4-6,9-14,23H,3,7-8,15-19H2,1-2H3,(H,27,28). The van der Waals surface area contributed by atoms with E-state index in [1.54, 1.807) is 24.0 Å². The van der Waals surface area contributed by atoms with Crippen LogP contribution in [0.1, 0.15) is 25.3 Å². The fraction of sp³-hybridized carbons (Fsp3) is 0.440. The molecule has 0 fully saturated rings. The normalized spacial score (nSPS) is 11.6. The van der Waals surface area contributed by atoms with Gasteiger partial charge in [0, 0.05) is 24.5 Å². The SMILES string of the molecule is CCOC(Cc1ccc(OCCN(CCCCSc2ccccc2)C(=O)OC)cc1)C(=O)O. The lowest BCUT2D eigenvalue weighted by Gasteiger charge is -2.21. The first kappa shape index (κ1) is 26.5. The lowest BCUT2D eigenvalue weighted by atomic mass is 10.1. The monoisotopic (exact) mass is 475 g/mol. The molecule has 0 heterocycles. The van der Waals surface area contributed by atoms with Crippen LogP contribution in [-0.2, 0) is 20.7 Å². The Hall–Kier alpha value is -2.71. The summed E-state index contributed by atoms with van der Waals surface area (Å²) in [5.74, 6) is 0.679. The largest absolute Gasteiger partial charge is 0.492 e. The first-order valence-corrected chi connectivity index (χ1v) is 12.1. The Bertz CT molecular complexity index is 831. The quantitative estimate of drug-likeness (QED) is 0.294. The average molecular weight is 476 g/mol. The van der Waals surface area contributed by atoms with Crippen LogP contribution in [0.2, 0.25) is 0 Å². The van der Waals surface area contributed by atoms with E-state index in [1.165, 1.54) is 12.0 Å². The van der Waals surface area contributed by atoms with Crippen molar-refractivity contribution in [1.29, 1.82) is 0 Å². The number of rotatable bonds is 15. The number of carboxylic acids is 1. The molecule has 1 amide bonds. The highest BCUT2D eigenvalue weighted by Crippen LogP contribution is 2.19. The van der Waals surface area contributed by atoms with Gasteiger partial charge in [-0.05, 0) is 55.3 Å². The molecule has 0 radical (unpaired) electrons. The third kappa shape index (κ3) is 10.2. The van der Waals surface area contributed by atoms with Crippen LogP contribution in [-0.4, -0.2) is 67.3 Å². The Morgan fingerprint density at radius 2 is 1.76 bits per heavy atom. The molecule has 2 rings (SSSR count). The van der Waals surface area contributed by atoms with Gasteiger partial charge >= 0.3 is 12.1 Å². The van der Waals surface area contributed by atoms with E-state index in [1.807, 2.05) is 42.1 Å². The van der Waals surface area contributed by atoms with Gasteiger partial charge in [0.05, 0.1) is 13.7 Å². The highest BCUT2D eigenvalue weighted by Gasteiger charge is 2.18. The van der Waals surface area contributed by atoms with Crippen LogP contribution < -0.4 is 4.74 Å².